The van der Waals surface area contributed by atoms with Crippen LogP contribution in [0.15, 0.2) is 24.3 Å². The lowest BCUT2D eigenvalue weighted by atomic mass is 10.1. The Bertz CT molecular complexity index is 564. The largest absolute Gasteiger partial charge is 0.525 e. The van der Waals surface area contributed by atoms with Gasteiger partial charge in [0.15, 0.2) is 5.78 Å². The zero-order valence-corrected chi connectivity index (χ0v) is 10.5. The molecule has 10 heteroatoms. The van der Waals surface area contributed by atoms with Crippen LogP contribution in [-0.4, -0.2) is 24.6 Å². The van der Waals surface area contributed by atoms with Crippen molar-refractivity contribution in [2.75, 3.05) is 0 Å². The number of nitriles is 1. The van der Waals surface area contributed by atoms with E-state index < -0.39 is 36.8 Å². The van der Waals surface area contributed by atoms with Crippen LogP contribution in [0, 0.1) is 11.3 Å². The van der Waals surface area contributed by atoms with Gasteiger partial charge in [0.2, 0.25) is 0 Å². The predicted molar refractivity (Wildman–Crippen MR) is 58.6 cm³/mol. The summed E-state index contributed by atoms with van der Waals surface area (Å²) in [5.74, 6) is -1.28. The van der Waals surface area contributed by atoms with Gasteiger partial charge in [-0.3, -0.25) is 4.79 Å². The third kappa shape index (κ3) is 5.25. The van der Waals surface area contributed by atoms with Gasteiger partial charge >= 0.3 is 18.8 Å². The Morgan fingerprint density at radius 2 is 1.73 bits per heavy atom. The van der Waals surface area contributed by atoms with Gasteiger partial charge < -0.3 is 4.74 Å². The van der Waals surface area contributed by atoms with Gasteiger partial charge in [-0.05, 0) is 24.3 Å². The zero-order chi connectivity index (χ0) is 17.0. The molecule has 0 N–H and O–H groups in total. The molecule has 0 aromatic heterocycles. The van der Waals surface area contributed by atoms with Crippen LogP contribution >= 0.6 is 0 Å². The van der Waals surface area contributed by atoms with E-state index in [4.69, 9.17) is 5.26 Å². The molecule has 0 saturated heterocycles. The molecular weight excluding hydrogens is 320 g/mol. The molecule has 22 heavy (non-hydrogen) atoms. The molecule has 0 bridgehead atoms. The maximum absolute atomic E-state index is 13.1. The van der Waals surface area contributed by atoms with Crippen molar-refractivity contribution in [3.05, 3.63) is 29.8 Å². The first-order valence-electron chi connectivity index (χ1n) is 5.51. The smallest absolute Gasteiger partial charge is 0.429 e. The number of hydrogen-bond donors (Lipinski definition) is 0. The summed E-state index contributed by atoms with van der Waals surface area (Å²) in [6, 6.07) is 5.22. The van der Waals surface area contributed by atoms with Crippen molar-refractivity contribution in [2.45, 2.75) is 25.2 Å². The lowest BCUT2D eigenvalue weighted by Crippen LogP contribution is -2.41. The number of halogens is 6. The minimum absolute atomic E-state index is 0.000515. The van der Waals surface area contributed by atoms with E-state index in [2.05, 4.69) is 9.47 Å². The molecule has 0 heterocycles. The average molecular weight is 327 g/mol. The van der Waals surface area contributed by atoms with Crippen LogP contribution in [0.5, 0.6) is 5.75 Å². The van der Waals surface area contributed by atoms with E-state index in [1.807, 2.05) is 0 Å². The van der Waals surface area contributed by atoms with E-state index in [1.54, 1.807) is 6.07 Å². The second-order valence-electron chi connectivity index (χ2n) is 3.83. The summed E-state index contributed by atoms with van der Waals surface area (Å²) >= 11 is 0. The van der Waals surface area contributed by atoms with Gasteiger partial charge in [-0.2, -0.15) is 14.0 Å². The highest BCUT2D eigenvalue weighted by Gasteiger charge is 2.50. The van der Waals surface area contributed by atoms with Gasteiger partial charge in [0, 0.05) is 5.56 Å². The van der Waals surface area contributed by atoms with Crippen molar-refractivity contribution < 1.29 is 40.6 Å². The second kappa shape index (κ2) is 6.65. The molecule has 0 aliphatic heterocycles. The standard InChI is InChI=1S/C12H7F6NO3/c13-10(22-12(16,17)18)11(14,15)21-8-3-1-7(2-4-8)9(20)5-6-19/h1-4,10H,5H2/t10-/m0/s1. The Hall–Kier alpha value is -2.28. The number of nitrogens with zero attached hydrogens (tertiary/aromatic N) is 1. The molecule has 1 aromatic carbocycles. The number of hydrogen-bond acceptors (Lipinski definition) is 4. The van der Waals surface area contributed by atoms with Crippen LogP contribution in [0.1, 0.15) is 16.8 Å². The van der Waals surface area contributed by atoms with E-state index in [0.717, 1.165) is 24.3 Å². The van der Waals surface area contributed by atoms with E-state index >= 15 is 0 Å². The molecule has 0 spiro atoms. The summed E-state index contributed by atoms with van der Waals surface area (Å²) in [4.78, 5) is 11.3. The summed E-state index contributed by atoms with van der Waals surface area (Å²) in [5, 5.41) is 8.32. The molecule has 1 atom stereocenters. The highest BCUT2D eigenvalue weighted by atomic mass is 19.4. The molecule has 1 aromatic rings. The third-order valence-electron chi connectivity index (χ3n) is 2.17. The van der Waals surface area contributed by atoms with Crippen molar-refractivity contribution in [3.8, 4) is 11.8 Å². The number of ketones is 1. The number of Topliss-reactive ketones (excluding diaryl/α,β-unsaturated/α-hetero) is 1. The molecule has 0 aliphatic carbocycles. The Morgan fingerprint density at radius 3 is 2.18 bits per heavy atom. The fourth-order valence-electron chi connectivity index (χ4n) is 1.27. The van der Waals surface area contributed by atoms with Gasteiger partial charge in [-0.15, -0.1) is 13.2 Å². The molecule has 0 amide bonds. The summed E-state index contributed by atoms with van der Waals surface area (Å²) in [6.45, 7) is 0. The Kier molecular flexibility index (Phi) is 5.38. The van der Waals surface area contributed by atoms with Gasteiger partial charge in [-0.25, -0.2) is 9.13 Å². The molecule has 0 unspecified atom stereocenters. The second-order valence-corrected chi connectivity index (χ2v) is 3.83. The molecule has 0 saturated carbocycles. The van der Waals surface area contributed by atoms with Gasteiger partial charge in [-0.1, -0.05) is 0 Å². The number of rotatable bonds is 6. The first kappa shape index (κ1) is 17.8. The van der Waals surface area contributed by atoms with Crippen LogP contribution in [0.2, 0.25) is 0 Å². The first-order chi connectivity index (χ1) is 10.0. The summed E-state index contributed by atoms with van der Waals surface area (Å²) < 4.78 is 80.3. The minimum atomic E-state index is -5.60. The molecule has 0 fully saturated rings. The van der Waals surface area contributed by atoms with E-state index in [9.17, 15) is 31.1 Å². The maximum atomic E-state index is 13.1. The lowest BCUT2D eigenvalue weighted by molar-refractivity contribution is -0.411. The zero-order valence-electron chi connectivity index (χ0n) is 10.5. The average Bonchev–Trinajstić information content (AvgIpc) is 2.37. The van der Waals surface area contributed by atoms with Crippen molar-refractivity contribution in [1.82, 2.24) is 0 Å². The SMILES string of the molecule is N#CCC(=O)c1ccc(OC(F)(F)[C@@H](F)OC(F)(F)F)cc1. The molecule has 0 radical (unpaired) electrons. The lowest BCUT2D eigenvalue weighted by Gasteiger charge is -2.22. The molecule has 0 aliphatic rings. The molecule has 4 nitrogen and oxygen atoms in total. The van der Waals surface area contributed by atoms with Gasteiger partial charge in [0.1, 0.15) is 5.75 Å². The fraction of sp³-hybridized carbons (Fsp3) is 0.333. The number of carbonyl (C=O) groups is 1. The summed E-state index contributed by atoms with van der Waals surface area (Å²) in [6.07, 6.45) is -15.0. The highest BCUT2D eigenvalue weighted by molar-refractivity contribution is 5.97. The van der Waals surface area contributed by atoms with Crippen LogP contribution in [-0.2, 0) is 4.74 Å². The monoisotopic (exact) mass is 327 g/mol. The van der Waals surface area contributed by atoms with Crippen LogP contribution in [0.3, 0.4) is 0 Å². The number of alkyl halides is 6. The summed E-state index contributed by atoms with van der Waals surface area (Å²) in [5.41, 5.74) is 0.000515. The van der Waals surface area contributed by atoms with E-state index in [-0.39, 0.29) is 5.56 Å². The Morgan fingerprint density at radius 1 is 1.18 bits per heavy atom. The fourth-order valence-corrected chi connectivity index (χ4v) is 1.27. The summed E-state index contributed by atoms with van der Waals surface area (Å²) in [7, 11) is 0. The van der Waals surface area contributed by atoms with Crippen molar-refractivity contribution in [3.63, 3.8) is 0 Å². The number of carbonyl (C=O) groups excluding carboxylic acids is 1. The van der Waals surface area contributed by atoms with Gasteiger partial charge in [0.05, 0.1) is 12.5 Å². The Balaban J connectivity index is 2.77. The highest BCUT2D eigenvalue weighted by Crippen LogP contribution is 2.31. The van der Waals surface area contributed by atoms with E-state index in [1.165, 1.54) is 0 Å². The molecular formula is C12H7F6NO3. The molecule has 1 rings (SSSR count). The van der Waals surface area contributed by atoms with Crippen molar-refractivity contribution in [1.29, 1.82) is 5.26 Å². The molecule has 120 valence electrons. The van der Waals surface area contributed by atoms with E-state index in [0.29, 0.717) is 0 Å². The maximum Gasteiger partial charge on any atom is 0.525 e. The Labute approximate surface area is 119 Å². The van der Waals surface area contributed by atoms with Crippen molar-refractivity contribution in [2.24, 2.45) is 0 Å². The van der Waals surface area contributed by atoms with Crippen LogP contribution < -0.4 is 4.74 Å². The van der Waals surface area contributed by atoms with Crippen LogP contribution in [0.4, 0.5) is 26.3 Å². The number of benzene rings is 1. The topological polar surface area (TPSA) is 59.3 Å². The number of ether oxygens (including phenoxy) is 2. The van der Waals surface area contributed by atoms with Crippen LogP contribution in [0.25, 0.3) is 0 Å². The van der Waals surface area contributed by atoms with Gasteiger partial charge in [0.25, 0.3) is 0 Å². The minimum Gasteiger partial charge on any atom is -0.429 e. The third-order valence-corrected chi connectivity index (χ3v) is 2.17. The first-order valence-corrected chi connectivity index (χ1v) is 5.51. The quantitative estimate of drug-likeness (QED) is 0.592. The van der Waals surface area contributed by atoms with Crippen molar-refractivity contribution >= 4 is 5.78 Å². The normalized spacial score (nSPS) is 13.3. The predicted octanol–water partition coefficient (Wildman–Crippen LogP) is 3.59.